The SMILES string of the molecule is CCN(c1cc(Cl)c2c(c1Cl)C(=O)N(Cc1c(=O)[nH]c(C)c3cc[nH]c13)CC2)C1CCOCC1. The minimum Gasteiger partial charge on any atom is -0.381 e. The number of aromatic amines is 2. The van der Waals surface area contributed by atoms with E-state index in [-0.39, 0.29) is 24.1 Å². The van der Waals surface area contributed by atoms with Gasteiger partial charge in [-0.25, -0.2) is 0 Å². The normalized spacial score (nSPS) is 16.8. The lowest BCUT2D eigenvalue weighted by Gasteiger charge is -2.37. The number of aromatic nitrogens is 2. The molecule has 3 aromatic rings. The molecule has 1 saturated heterocycles. The van der Waals surface area contributed by atoms with E-state index in [0.717, 1.165) is 47.2 Å². The van der Waals surface area contributed by atoms with Crippen LogP contribution in [0.25, 0.3) is 10.9 Å². The molecule has 2 aliphatic heterocycles. The number of halogens is 2. The molecule has 34 heavy (non-hydrogen) atoms. The molecule has 4 heterocycles. The van der Waals surface area contributed by atoms with E-state index in [1.807, 2.05) is 19.1 Å². The number of carbonyl (C=O) groups excluding carboxylic acids is 1. The Morgan fingerprint density at radius 2 is 2.00 bits per heavy atom. The molecule has 1 fully saturated rings. The molecule has 1 amide bonds. The van der Waals surface area contributed by atoms with Crippen LogP contribution in [0.4, 0.5) is 5.69 Å². The Labute approximate surface area is 208 Å². The van der Waals surface area contributed by atoms with Gasteiger partial charge < -0.3 is 24.5 Å². The maximum Gasteiger partial charge on any atom is 0.256 e. The van der Waals surface area contributed by atoms with Gasteiger partial charge in [-0.3, -0.25) is 9.59 Å². The first-order chi connectivity index (χ1) is 16.4. The number of benzene rings is 1. The highest BCUT2D eigenvalue weighted by Gasteiger charge is 2.33. The largest absolute Gasteiger partial charge is 0.381 e. The van der Waals surface area contributed by atoms with E-state index in [2.05, 4.69) is 21.8 Å². The molecule has 0 aliphatic carbocycles. The topological polar surface area (TPSA) is 81.4 Å². The Morgan fingerprint density at radius 1 is 1.24 bits per heavy atom. The molecular weight excluding hydrogens is 475 g/mol. The summed E-state index contributed by atoms with van der Waals surface area (Å²) >= 11 is 13.6. The number of nitrogens with zero attached hydrogens (tertiary/aromatic N) is 2. The minimum atomic E-state index is -0.197. The van der Waals surface area contributed by atoms with Gasteiger partial charge in [0, 0.05) is 54.6 Å². The highest BCUT2D eigenvalue weighted by molar-refractivity contribution is 6.39. The van der Waals surface area contributed by atoms with Crippen LogP contribution in [-0.2, 0) is 17.7 Å². The lowest BCUT2D eigenvalue weighted by molar-refractivity contribution is 0.0727. The van der Waals surface area contributed by atoms with Gasteiger partial charge in [0.15, 0.2) is 0 Å². The van der Waals surface area contributed by atoms with Crippen LogP contribution in [0.3, 0.4) is 0 Å². The summed E-state index contributed by atoms with van der Waals surface area (Å²) in [7, 11) is 0. The van der Waals surface area contributed by atoms with E-state index < -0.39 is 0 Å². The summed E-state index contributed by atoms with van der Waals surface area (Å²) in [6.07, 6.45) is 4.20. The molecule has 0 atom stereocenters. The van der Waals surface area contributed by atoms with Crippen LogP contribution < -0.4 is 10.5 Å². The van der Waals surface area contributed by atoms with Gasteiger partial charge in [-0.2, -0.15) is 0 Å². The van der Waals surface area contributed by atoms with Gasteiger partial charge in [0.05, 0.1) is 33.9 Å². The van der Waals surface area contributed by atoms with Crippen molar-refractivity contribution >= 4 is 45.7 Å². The average molecular weight is 503 g/mol. The molecule has 2 aliphatic rings. The third-order valence-electron chi connectivity index (χ3n) is 7.09. The van der Waals surface area contributed by atoms with E-state index in [4.69, 9.17) is 27.9 Å². The summed E-state index contributed by atoms with van der Waals surface area (Å²) in [5, 5.41) is 1.94. The monoisotopic (exact) mass is 502 g/mol. The quantitative estimate of drug-likeness (QED) is 0.530. The highest BCUT2D eigenvalue weighted by Crippen LogP contribution is 2.41. The van der Waals surface area contributed by atoms with Gasteiger partial charge in [-0.05, 0) is 50.8 Å². The fraction of sp³-hybridized carbons (Fsp3) is 0.440. The zero-order valence-corrected chi connectivity index (χ0v) is 20.9. The first kappa shape index (κ1) is 23.3. The van der Waals surface area contributed by atoms with Crippen molar-refractivity contribution in [2.75, 3.05) is 31.2 Å². The Balaban J connectivity index is 1.52. The summed E-state index contributed by atoms with van der Waals surface area (Å²) in [6.45, 7) is 6.78. The minimum absolute atomic E-state index is 0.194. The second-order valence-electron chi connectivity index (χ2n) is 8.98. The number of fused-ring (bicyclic) bond motifs is 2. The summed E-state index contributed by atoms with van der Waals surface area (Å²) in [4.78, 5) is 36.5. The molecule has 2 aromatic heterocycles. The number of hydrogen-bond acceptors (Lipinski definition) is 4. The number of rotatable bonds is 5. The van der Waals surface area contributed by atoms with Crippen molar-refractivity contribution in [2.45, 2.75) is 45.7 Å². The van der Waals surface area contributed by atoms with Crippen molar-refractivity contribution in [2.24, 2.45) is 0 Å². The smallest absolute Gasteiger partial charge is 0.256 e. The van der Waals surface area contributed by atoms with E-state index in [9.17, 15) is 9.59 Å². The average Bonchev–Trinajstić information content (AvgIpc) is 3.32. The Morgan fingerprint density at radius 3 is 2.74 bits per heavy atom. The first-order valence-electron chi connectivity index (χ1n) is 11.7. The van der Waals surface area contributed by atoms with Crippen LogP contribution in [0, 0.1) is 6.92 Å². The van der Waals surface area contributed by atoms with Crippen molar-refractivity contribution in [1.82, 2.24) is 14.9 Å². The fourth-order valence-electron chi connectivity index (χ4n) is 5.31. The van der Waals surface area contributed by atoms with Gasteiger partial charge in [0.1, 0.15) is 0 Å². The summed E-state index contributed by atoms with van der Waals surface area (Å²) in [6, 6.07) is 4.11. The maximum absolute atomic E-state index is 13.7. The van der Waals surface area contributed by atoms with E-state index in [1.54, 1.807) is 11.1 Å². The van der Waals surface area contributed by atoms with Gasteiger partial charge in [0.2, 0.25) is 0 Å². The molecule has 9 heteroatoms. The molecule has 0 spiro atoms. The Hall–Kier alpha value is -2.48. The zero-order chi connectivity index (χ0) is 24.0. The standard InChI is InChI=1S/C25H28Cl2N4O3/c1-3-31(15-6-10-34-11-7-15)20-12-19(26)17-5-9-30(25(33)21(17)22(20)27)13-18-23-16(4-8-28-23)14(2)29-24(18)32/h4,8,12,15,28H,3,5-7,9-11,13H2,1-2H3,(H,29,32). The predicted octanol–water partition coefficient (Wildman–Crippen LogP) is 4.68. The molecule has 7 nitrogen and oxygen atoms in total. The van der Waals surface area contributed by atoms with E-state index in [1.165, 1.54) is 0 Å². The molecule has 1 aromatic carbocycles. The van der Waals surface area contributed by atoms with E-state index in [0.29, 0.717) is 47.4 Å². The molecule has 180 valence electrons. The number of nitrogens with one attached hydrogen (secondary N) is 2. The summed E-state index contributed by atoms with van der Waals surface area (Å²) in [5.74, 6) is -0.197. The van der Waals surface area contributed by atoms with Crippen LogP contribution in [-0.4, -0.2) is 53.1 Å². The molecule has 0 bridgehead atoms. The molecular formula is C25H28Cl2N4O3. The molecule has 0 radical (unpaired) electrons. The van der Waals surface area contributed by atoms with E-state index >= 15 is 0 Å². The van der Waals surface area contributed by atoms with Crippen LogP contribution in [0.15, 0.2) is 23.1 Å². The lowest BCUT2D eigenvalue weighted by atomic mass is 9.96. The van der Waals surface area contributed by atoms with Gasteiger partial charge in [-0.15, -0.1) is 0 Å². The second kappa shape index (κ2) is 9.29. The molecule has 0 unspecified atom stereocenters. The van der Waals surface area contributed by atoms with Crippen molar-refractivity contribution in [3.8, 4) is 0 Å². The van der Waals surface area contributed by atoms with Crippen LogP contribution in [0.5, 0.6) is 0 Å². The number of pyridine rings is 1. The third kappa shape index (κ3) is 3.89. The molecule has 5 rings (SSSR count). The first-order valence-corrected chi connectivity index (χ1v) is 12.5. The second-order valence-corrected chi connectivity index (χ2v) is 9.76. The van der Waals surface area contributed by atoms with Gasteiger partial charge in [0.25, 0.3) is 11.5 Å². The number of anilines is 1. The fourth-order valence-corrected chi connectivity index (χ4v) is 5.96. The number of H-pyrrole nitrogens is 2. The number of hydrogen-bond donors (Lipinski definition) is 2. The number of carbonyl (C=O) groups is 1. The third-order valence-corrected chi connectivity index (χ3v) is 7.81. The zero-order valence-electron chi connectivity index (χ0n) is 19.3. The molecule has 2 N–H and O–H groups in total. The van der Waals surface area contributed by atoms with Crippen LogP contribution in [0.2, 0.25) is 10.0 Å². The molecule has 0 saturated carbocycles. The van der Waals surface area contributed by atoms with Crippen molar-refractivity contribution in [3.05, 3.63) is 61.1 Å². The lowest BCUT2D eigenvalue weighted by Crippen LogP contribution is -2.41. The van der Waals surface area contributed by atoms with Crippen LogP contribution in [0.1, 0.15) is 46.9 Å². The summed E-state index contributed by atoms with van der Waals surface area (Å²) < 4.78 is 5.53. The number of amides is 1. The van der Waals surface area contributed by atoms with Crippen molar-refractivity contribution in [1.29, 1.82) is 0 Å². The number of aryl methyl sites for hydroxylation is 1. The van der Waals surface area contributed by atoms with Crippen molar-refractivity contribution in [3.63, 3.8) is 0 Å². The van der Waals surface area contributed by atoms with Gasteiger partial charge >= 0.3 is 0 Å². The predicted molar refractivity (Wildman–Crippen MR) is 135 cm³/mol. The highest BCUT2D eigenvalue weighted by atomic mass is 35.5. The van der Waals surface area contributed by atoms with Gasteiger partial charge in [-0.1, -0.05) is 23.2 Å². The number of ether oxygens (including phenoxy) is 1. The maximum atomic E-state index is 13.7. The summed E-state index contributed by atoms with van der Waals surface area (Å²) in [5.41, 5.74) is 3.92. The van der Waals surface area contributed by atoms with Crippen molar-refractivity contribution < 1.29 is 9.53 Å². The van der Waals surface area contributed by atoms with Crippen LogP contribution >= 0.6 is 23.2 Å². The Bertz CT molecular complexity index is 1310. The Kier molecular flexibility index (Phi) is 6.35.